The van der Waals surface area contributed by atoms with Crippen LogP contribution in [0.25, 0.3) is 0 Å². The Labute approximate surface area is 69.5 Å². The van der Waals surface area contributed by atoms with E-state index in [1.54, 1.807) is 13.8 Å². The number of rotatable bonds is 0. The van der Waals surface area contributed by atoms with E-state index in [-0.39, 0.29) is 5.03 Å². The van der Waals surface area contributed by atoms with Crippen LogP contribution >= 0.6 is 11.6 Å². The van der Waals surface area contributed by atoms with Crippen LogP contribution in [0.2, 0.25) is 0 Å². The fraction of sp³-hybridized carbons (Fsp3) is 0.250. The number of halogens is 1. The molecule has 1 aliphatic carbocycles. The minimum Gasteiger partial charge on any atom is -0.286 e. The SMILES string of the molecule is CC1=CC(=O)C(=O)C(Cl)=C1C. The number of hydrogen-bond donors (Lipinski definition) is 0. The molecule has 2 nitrogen and oxygen atoms in total. The van der Waals surface area contributed by atoms with Crippen molar-refractivity contribution in [1.29, 1.82) is 0 Å². The van der Waals surface area contributed by atoms with E-state index in [0.717, 1.165) is 5.57 Å². The van der Waals surface area contributed by atoms with Crippen LogP contribution in [0, 0.1) is 0 Å². The predicted octanol–water partition coefficient (Wildman–Crippen LogP) is 1.60. The first kappa shape index (κ1) is 8.21. The first-order chi connectivity index (χ1) is 5.04. The molecule has 0 radical (unpaired) electrons. The van der Waals surface area contributed by atoms with Crippen molar-refractivity contribution in [2.24, 2.45) is 0 Å². The van der Waals surface area contributed by atoms with Gasteiger partial charge in [0.25, 0.3) is 0 Å². The molecule has 0 aromatic rings. The molecule has 0 atom stereocenters. The molecule has 0 fully saturated rings. The Morgan fingerprint density at radius 3 is 2.36 bits per heavy atom. The summed E-state index contributed by atoms with van der Waals surface area (Å²) >= 11 is 5.58. The highest BCUT2D eigenvalue weighted by atomic mass is 35.5. The Hall–Kier alpha value is -0.890. The van der Waals surface area contributed by atoms with Gasteiger partial charge in [-0.2, -0.15) is 0 Å². The Morgan fingerprint density at radius 1 is 1.27 bits per heavy atom. The monoisotopic (exact) mass is 170 g/mol. The molecule has 1 rings (SSSR count). The van der Waals surface area contributed by atoms with E-state index in [2.05, 4.69) is 0 Å². The van der Waals surface area contributed by atoms with Gasteiger partial charge in [0.15, 0.2) is 0 Å². The lowest BCUT2D eigenvalue weighted by molar-refractivity contribution is -0.131. The molecular weight excluding hydrogens is 164 g/mol. The molecule has 0 unspecified atom stereocenters. The Bertz CT molecular complexity index is 297. The molecule has 1 aliphatic rings. The smallest absolute Gasteiger partial charge is 0.244 e. The second-order valence-corrected chi connectivity index (χ2v) is 2.84. The fourth-order valence-electron chi connectivity index (χ4n) is 0.822. The summed E-state index contributed by atoms with van der Waals surface area (Å²) in [5.41, 5.74) is 1.45. The third-order valence-electron chi connectivity index (χ3n) is 1.69. The average Bonchev–Trinajstić information content (AvgIpc) is 1.97. The maximum absolute atomic E-state index is 10.9. The molecule has 0 bridgehead atoms. The fourth-order valence-corrected chi connectivity index (χ4v) is 1.06. The van der Waals surface area contributed by atoms with Gasteiger partial charge in [0.1, 0.15) is 0 Å². The molecule has 58 valence electrons. The van der Waals surface area contributed by atoms with E-state index >= 15 is 0 Å². The summed E-state index contributed by atoms with van der Waals surface area (Å²) in [6.45, 7) is 3.47. The number of carbonyl (C=O) groups excluding carboxylic acids is 2. The molecular formula is C8H7ClO2. The summed E-state index contributed by atoms with van der Waals surface area (Å²) in [5, 5.41) is 0.0509. The lowest BCUT2D eigenvalue weighted by atomic mass is 9.99. The van der Waals surface area contributed by atoms with Gasteiger partial charge in [-0.15, -0.1) is 0 Å². The van der Waals surface area contributed by atoms with Crippen LogP contribution in [0.4, 0.5) is 0 Å². The first-order valence-electron chi connectivity index (χ1n) is 3.17. The molecule has 0 saturated carbocycles. The van der Waals surface area contributed by atoms with Gasteiger partial charge in [0, 0.05) is 0 Å². The largest absolute Gasteiger partial charge is 0.286 e. The summed E-state index contributed by atoms with van der Waals surface area (Å²) < 4.78 is 0. The van der Waals surface area contributed by atoms with Crippen LogP contribution in [0.5, 0.6) is 0 Å². The average molecular weight is 171 g/mol. The van der Waals surface area contributed by atoms with Crippen LogP contribution in [-0.2, 0) is 9.59 Å². The highest BCUT2D eigenvalue weighted by Gasteiger charge is 2.22. The summed E-state index contributed by atoms with van der Waals surface area (Å²) in [6.07, 6.45) is 1.31. The summed E-state index contributed by atoms with van der Waals surface area (Å²) in [6, 6.07) is 0. The quantitative estimate of drug-likeness (QED) is 0.409. The maximum Gasteiger partial charge on any atom is 0.244 e. The molecule has 0 aromatic carbocycles. The Balaban J connectivity index is 3.22. The van der Waals surface area contributed by atoms with Crippen LogP contribution in [-0.4, -0.2) is 11.6 Å². The lowest BCUT2D eigenvalue weighted by Crippen LogP contribution is -2.16. The number of allylic oxidation sites excluding steroid dienone is 4. The van der Waals surface area contributed by atoms with Gasteiger partial charge in [-0.1, -0.05) is 11.6 Å². The van der Waals surface area contributed by atoms with Crippen molar-refractivity contribution in [3.63, 3.8) is 0 Å². The predicted molar refractivity (Wildman–Crippen MR) is 42.3 cm³/mol. The van der Waals surface area contributed by atoms with Gasteiger partial charge >= 0.3 is 0 Å². The second-order valence-electron chi connectivity index (χ2n) is 2.46. The zero-order valence-corrected chi connectivity index (χ0v) is 7.03. The minimum atomic E-state index is -0.602. The number of Topliss-reactive ketones (excluding diaryl/α,β-unsaturated/α-hetero) is 1. The van der Waals surface area contributed by atoms with Gasteiger partial charge in [0.05, 0.1) is 5.03 Å². The van der Waals surface area contributed by atoms with E-state index in [1.165, 1.54) is 6.08 Å². The third-order valence-corrected chi connectivity index (χ3v) is 2.15. The van der Waals surface area contributed by atoms with Gasteiger partial charge in [-0.05, 0) is 31.1 Å². The van der Waals surface area contributed by atoms with Gasteiger partial charge in [-0.25, -0.2) is 0 Å². The lowest BCUT2D eigenvalue weighted by Gasteiger charge is -2.08. The molecule has 0 heterocycles. The summed E-state index contributed by atoms with van der Waals surface area (Å²) in [7, 11) is 0. The second kappa shape index (κ2) is 2.62. The maximum atomic E-state index is 10.9. The van der Waals surface area contributed by atoms with Crippen molar-refractivity contribution in [1.82, 2.24) is 0 Å². The molecule has 3 heteroatoms. The molecule has 0 N–H and O–H groups in total. The van der Waals surface area contributed by atoms with E-state index in [1.807, 2.05) is 0 Å². The summed E-state index contributed by atoms with van der Waals surface area (Å²) in [5.74, 6) is -1.13. The number of hydrogen-bond acceptors (Lipinski definition) is 2. The van der Waals surface area contributed by atoms with E-state index in [4.69, 9.17) is 11.6 Å². The molecule has 0 aromatic heterocycles. The zero-order chi connectivity index (χ0) is 8.59. The van der Waals surface area contributed by atoms with E-state index < -0.39 is 11.6 Å². The first-order valence-corrected chi connectivity index (χ1v) is 3.55. The minimum absolute atomic E-state index is 0.0509. The van der Waals surface area contributed by atoms with Crippen molar-refractivity contribution >= 4 is 23.2 Å². The van der Waals surface area contributed by atoms with E-state index in [0.29, 0.717) is 5.57 Å². The topological polar surface area (TPSA) is 34.1 Å². The van der Waals surface area contributed by atoms with Crippen molar-refractivity contribution < 1.29 is 9.59 Å². The van der Waals surface area contributed by atoms with Crippen molar-refractivity contribution in [3.8, 4) is 0 Å². The van der Waals surface area contributed by atoms with Crippen LogP contribution < -0.4 is 0 Å². The highest BCUT2D eigenvalue weighted by molar-refractivity contribution is 6.61. The Morgan fingerprint density at radius 2 is 1.82 bits per heavy atom. The number of ketones is 2. The Kier molecular flexibility index (Phi) is 1.96. The van der Waals surface area contributed by atoms with Gasteiger partial charge in [0.2, 0.25) is 11.6 Å². The third kappa shape index (κ3) is 1.26. The van der Waals surface area contributed by atoms with Crippen LogP contribution in [0.15, 0.2) is 22.3 Å². The molecule has 0 amide bonds. The van der Waals surface area contributed by atoms with E-state index in [9.17, 15) is 9.59 Å². The molecule has 11 heavy (non-hydrogen) atoms. The summed E-state index contributed by atoms with van der Waals surface area (Å²) in [4.78, 5) is 21.7. The molecule has 0 spiro atoms. The van der Waals surface area contributed by atoms with Crippen LogP contribution in [0.3, 0.4) is 0 Å². The van der Waals surface area contributed by atoms with Crippen molar-refractivity contribution in [3.05, 3.63) is 22.3 Å². The number of carbonyl (C=O) groups is 2. The molecule has 0 aliphatic heterocycles. The van der Waals surface area contributed by atoms with Crippen molar-refractivity contribution in [2.45, 2.75) is 13.8 Å². The van der Waals surface area contributed by atoms with Gasteiger partial charge in [-0.3, -0.25) is 9.59 Å². The standard InChI is InChI=1S/C8H7ClO2/c1-4-3-6(10)8(11)7(9)5(4)2/h3H,1-2H3. The molecule has 0 saturated heterocycles. The zero-order valence-electron chi connectivity index (χ0n) is 6.27. The van der Waals surface area contributed by atoms with Crippen molar-refractivity contribution in [2.75, 3.05) is 0 Å². The highest BCUT2D eigenvalue weighted by Crippen LogP contribution is 2.22. The van der Waals surface area contributed by atoms with Crippen LogP contribution in [0.1, 0.15) is 13.8 Å². The normalized spacial score (nSPS) is 19.0. The van der Waals surface area contributed by atoms with Gasteiger partial charge < -0.3 is 0 Å².